The molecule has 3 N–H and O–H groups in total. The average Bonchev–Trinajstić information content (AvgIpc) is 3.70. The van der Waals surface area contributed by atoms with Gasteiger partial charge in [0, 0.05) is 29.6 Å². The lowest BCUT2D eigenvalue weighted by Gasteiger charge is -2.36. The minimum absolute atomic E-state index is 0.0284. The summed E-state index contributed by atoms with van der Waals surface area (Å²) in [7, 11) is 0. The van der Waals surface area contributed by atoms with Gasteiger partial charge in [0.25, 0.3) is 5.91 Å². The molecule has 2 saturated carbocycles. The second-order valence-electron chi connectivity index (χ2n) is 15.3. The van der Waals surface area contributed by atoms with Gasteiger partial charge in [0.15, 0.2) is 5.60 Å². The van der Waals surface area contributed by atoms with Crippen molar-refractivity contribution in [1.29, 1.82) is 0 Å². The van der Waals surface area contributed by atoms with Crippen molar-refractivity contribution in [1.82, 2.24) is 20.9 Å². The summed E-state index contributed by atoms with van der Waals surface area (Å²) in [5.74, 6) is -2.55. The molecule has 1 aromatic rings. The number of rotatable bonds is 12. The minimum Gasteiger partial charge on any atom is -0.439 e. The number of nitrogens with zero attached hydrogens (tertiary/aromatic N) is 2. The van der Waals surface area contributed by atoms with Crippen molar-refractivity contribution in [3.8, 4) is 0 Å². The molecule has 49 heavy (non-hydrogen) atoms. The SMILES string of the molecule is CCCC(NC(=O)[C@@H]1C[C@]2(CN(c3cccc(Cl)c3)C(=O)O2)CN1C(=O)C(NC(=O)CC1CCCCC1)C(C)(C)C)C(=O)C(=O)NC1CC1. The maximum atomic E-state index is 14.6. The van der Waals surface area contributed by atoms with E-state index >= 15 is 0 Å². The highest BCUT2D eigenvalue weighted by molar-refractivity contribution is 6.38. The highest BCUT2D eigenvalue weighted by atomic mass is 35.5. The normalized spacial score (nSPS) is 23.9. The lowest BCUT2D eigenvalue weighted by atomic mass is 9.84. The molecule has 13 heteroatoms. The van der Waals surface area contributed by atoms with E-state index in [0.717, 1.165) is 44.9 Å². The van der Waals surface area contributed by atoms with Gasteiger partial charge in [-0.2, -0.15) is 0 Å². The topological polar surface area (TPSA) is 154 Å². The molecular weight excluding hydrogens is 650 g/mol. The number of hydrogen-bond acceptors (Lipinski definition) is 7. The fourth-order valence-electron chi connectivity index (χ4n) is 7.22. The fourth-order valence-corrected chi connectivity index (χ4v) is 7.41. The molecule has 0 aromatic heterocycles. The first-order chi connectivity index (χ1) is 23.2. The fraction of sp³-hybridized carbons (Fsp3) is 0.667. The van der Waals surface area contributed by atoms with Crippen LogP contribution in [0.4, 0.5) is 10.5 Å². The summed E-state index contributed by atoms with van der Waals surface area (Å²) in [5.41, 5.74) is -1.46. The summed E-state index contributed by atoms with van der Waals surface area (Å²) in [6, 6.07) is 3.52. The lowest BCUT2D eigenvalue weighted by molar-refractivity contribution is -0.145. The largest absolute Gasteiger partial charge is 0.439 e. The Morgan fingerprint density at radius 2 is 1.73 bits per heavy atom. The first kappa shape index (κ1) is 36.6. The smallest absolute Gasteiger partial charge is 0.415 e. The molecule has 2 aliphatic heterocycles. The molecule has 5 rings (SSSR count). The predicted molar refractivity (Wildman–Crippen MR) is 184 cm³/mol. The van der Waals surface area contributed by atoms with E-state index in [9.17, 15) is 28.8 Å². The zero-order chi connectivity index (χ0) is 35.5. The number of ketones is 1. The molecule has 2 saturated heterocycles. The Labute approximate surface area is 293 Å². The number of carbonyl (C=O) groups excluding carboxylic acids is 6. The number of likely N-dealkylation sites (tertiary alicyclic amines) is 1. The van der Waals surface area contributed by atoms with Gasteiger partial charge in [-0.25, -0.2) is 4.79 Å². The Morgan fingerprint density at radius 1 is 1.02 bits per heavy atom. The number of hydrogen-bond donors (Lipinski definition) is 3. The van der Waals surface area contributed by atoms with Crippen molar-refractivity contribution in [3.63, 3.8) is 0 Å². The third kappa shape index (κ3) is 8.93. The second-order valence-corrected chi connectivity index (χ2v) is 15.8. The van der Waals surface area contributed by atoms with Crippen LogP contribution in [0.25, 0.3) is 0 Å². The molecule has 4 atom stereocenters. The molecule has 1 spiro atoms. The number of amides is 5. The predicted octanol–water partition coefficient (Wildman–Crippen LogP) is 4.27. The molecule has 2 unspecified atom stereocenters. The summed E-state index contributed by atoms with van der Waals surface area (Å²) in [5, 5.41) is 8.87. The number of Topliss-reactive ketones (excluding diaryl/α,β-unsaturated/α-hetero) is 1. The van der Waals surface area contributed by atoms with Crippen LogP contribution in [-0.2, 0) is 28.7 Å². The zero-order valence-electron chi connectivity index (χ0n) is 29.0. The number of anilines is 1. The van der Waals surface area contributed by atoms with Crippen molar-refractivity contribution in [3.05, 3.63) is 29.3 Å². The van der Waals surface area contributed by atoms with Crippen molar-refractivity contribution < 1.29 is 33.5 Å². The standard InChI is InChI=1S/C36H50ClN5O7/c1-5-10-26(29(44)32(46)38-24-15-16-24)39-31(45)27-19-36(20-41(34(48)49-36)25-14-9-13-23(37)18-25)21-42(27)33(47)30(35(2,3)4)40-28(43)17-22-11-7-6-8-12-22/h9,13-14,18,22,24,26-27,30H,5-8,10-12,15-17,19-21H2,1-4H3,(H,38,46)(H,39,45)(H,40,43)/t26?,27-,30?,36-/m0/s1. The molecule has 0 radical (unpaired) electrons. The summed E-state index contributed by atoms with van der Waals surface area (Å²) in [4.78, 5) is 83.9. The second kappa shape index (κ2) is 15.1. The Bertz CT molecular complexity index is 1450. The van der Waals surface area contributed by atoms with Crippen LogP contribution >= 0.6 is 11.6 Å². The highest BCUT2D eigenvalue weighted by Crippen LogP contribution is 2.40. The van der Waals surface area contributed by atoms with Crippen LogP contribution < -0.4 is 20.9 Å². The van der Waals surface area contributed by atoms with Crippen LogP contribution in [0.15, 0.2) is 24.3 Å². The van der Waals surface area contributed by atoms with Gasteiger partial charge in [-0.05, 0) is 61.6 Å². The first-order valence-corrected chi connectivity index (χ1v) is 18.1. The average molecular weight is 700 g/mol. The highest BCUT2D eigenvalue weighted by Gasteiger charge is 2.58. The molecular formula is C36H50ClN5O7. The third-order valence-electron chi connectivity index (χ3n) is 10.0. The van der Waals surface area contributed by atoms with E-state index in [-0.39, 0.29) is 43.8 Å². The van der Waals surface area contributed by atoms with Gasteiger partial charge in [0.2, 0.25) is 23.5 Å². The van der Waals surface area contributed by atoms with Crippen LogP contribution in [0, 0.1) is 11.3 Å². The third-order valence-corrected chi connectivity index (χ3v) is 10.3. The van der Waals surface area contributed by atoms with Gasteiger partial charge < -0.3 is 25.6 Å². The van der Waals surface area contributed by atoms with Gasteiger partial charge in [0.1, 0.15) is 12.1 Å². The van der Waals surface area contributed by atoms with Crippen LogP contribution in [0.3, 0.4) is 0 Å². The summed E-state index contributed by atoms with van der Waals surface area (Å²) < 4.78 is 5.96. The molecule has 4 fully saturated rings. The Hall–Kier alpha value is -3.67. The summed E-state index contributed by atoms with van der Waals surface area (Å²) in [6.07, 6.45) is 7.30. The van der Waals surface area contributed by atoms with Gasteiger partial charge in [-0.1, -0.05) is 71.0 Å². The molecule has 1 aromatic carbocycles. The van der Waals surface area contributed by atoms with Crippen LogP contribution in [0.2, 0.25) is 5.02 Å². The quantitative estimate of drug-likeness (QED) is 0.276. The monoisotopic (exact) mass is 699 g/mol. The van der Waals surface area contributed by atoms with Crippen molar-refractivity contribution in [2.24, 2.45) is 11.3 Å². The Morgan fingerprint density at radius 3 is 2.37 bits per heavy atom. The lowest BCUT2D eigenvalue weighted by Crippen LogP contribution is -2.59. The molecule has 5 amide bonds. The maximum Gasteiger partial charge on any atom is 0.415 e. The molecule has 0 bridgehead atoms. The first-order valence-electron chi connectivity index (χ1n) is 17.7. The number of halogens is 1. The van der Waals surface area contributed by atoms with Crippen LogP contribution in [-0.4, -0.2) is 83.3 Å². The molecule has 268 valence electrons. The zero-order valence-corrected chi connectivity index (χ0v) is 29.8. The summed E-state index contributed by atoms with van der Waals surface area (Å²) >= 11 is 6.21. The number of benzene rings is 1. The van der Waals surface area contributed by atoms with Crippen LogP contribution in [0.1, 0.15) is 98.3 Å². The van der Waals surface area contributed by atoms with E-state index in [1.807, 2.05) is 27.7 Å². The van der Waals surface area contributed by atoms with Crippen molar-refractivity contribution >= 4 is 52.8 Å². The molecule has 12 nitrogen and oxygen atoms in total. The van der Waals surface area contributed by atoms with Crippen molar-refractivity contribution in [2.75, 3.05) is 18.0 Å². The van der Waals surface area contributed by atoms with E-state index in [1.165, 1.54) is 9.80 Å². The van der Waals surface area contributed by atoms with E-state index in [2.05, 4.69) is 16.0 Å². The minimum atomic E-state index is -1.25. The van der Waals surface area contributed by atoms with E-state index in [4.69, 9.17) is 16.3 Å². The van der Waals surface area contributed by atoms with Gasteiger partial charge >= 0.3 is 6.09 Å². The maximum absolute atomic E-state index is 14.6. The van der Waals surface area contributed by atoms with Gasteiger partial charge in [-0.15, -0.1) is 0 Å². The number of nitrogens with one attached hydrogen (secondary N) is 3. The molecule has 2 aliphatic carbocycles. The van der Waals surface area contributed by atoms with Crippen molar-refractivity contribution in [2.45, 2.75) is 128 Å². The number of carbonyl (C=O) groups is 6. The van der Waals surface area contributed by atoms with E-state index in [0.29, 0.717) is 23.6 Å². The Balaban J connectivity index is 1.40. The molecule has 4 aliphatic rings. The van der Waals surface area contributed by atoms with Gasteiger partial charge in [-0.3, -0.25) is 28.9 Å². The van der Waals surface area contributed by atoms with E-state index < -0.39 is 58.7 Å². The summed E-state index contributed by atoms with van der Waals surface area (Å²) in [6.45, 7) is 7.34. The molecule has 2 heterocycles. The van der Waals surface area contributed by atoms with Crippen LogP contribution in [0.5, 0.6) is 0 Å². The Kier molecular flexibility index (Phi) is 11.3. The van der Waals surface area contributed by atoms with Gasteiger partial charge in [0.05, 0.1) is 19.1 Å². The van der Waals surface area contributed by atoms with E-state index in [1.54, 1.807) is 24.3 Å². The number of ether oxygens (including phenoxy) is 1.